The molecule has 0 bridgehead atoms. The van der Waals surface area contributed by atoms with Crippen LogP contribution in [0.5, 0.6) is 0 Å². The van der Waals surface area contributed by atoms with Crippen LogP contribution in [-0.2, 0) is 20.1 Å². The third-order valence-electron chi connectivity index (χ3n) is 6.07. The van der Waals surface area contributed by atoms with E-state index in [1.807, 2.05) is 6.20 Å². The summed E-state index contributed by atoms with van der Waals surface area (Å²) in [6, 6.07) is 32.0. The third-order valence-corrected chi connectivity index (χ3v) is 6.07. The molecular formula is C29H20IrN-. The number of benzene rings is 5. The number of hydrogen-bond acceptors (Lipinski definition) is 1. The van der Waals surface area contributed by atoms with Gasteiger partial charge < -0.3 is 4.98 Å². The molecule has 1 nitrogen and oxygen atoms in total. The van der Waals surface area contributed by atoms with Crippen LogP contribution in [0.3, 0.4) is 0 Å². The van der Waals surface area contributed by atoms with Gasteiger partial charge in [-0.1, -0.05) is 74.5 Å². The fraction of sp³-hybridized carbons (Fsp3) is 0.0690. The van der Waals surface area contributed by atoms with Crippen molar-refractivity contribution in [2.45, 2.75) is 13.8 Å². The maximum atomic E-state index is 4.74. The zero-order valence-electron chi connectivity index (χ0n) is 17.4. The third kappa shape index (κ3) is 3.15. The predicted molar refractivity (Wildman–Crippen MR) is 128 cm³/mol. The summed E-state index contributed by atoms with van der Waals surface area (Å²) in [5.74, 6) is 0. The van der Waals surface area contributed by atoms with E-state index in [0.29, 0.717) is 0 Å². The van der Waals surface area contributed by atoms with Gasteiger partial charge in [-0.2, -0.15) is 0 Å². The van der Waals surface area contributed by atoms with Gasteiger partial charge in [-0.3, -0.25) is 0 Å². The Morgan fingerprint density at radius 1 is 0.613 bits per heavy atom. The minimum Gasteiger partial charge on any atom is -0.304 e. The van der Waals surface area contributed by atoms with Gasteiger partial charge in [-0.15, -0.1) is 34.9 Å². The Balaban J connectivity index is 0.00000204. The van der Waals surface area contributed by atoms with E-state index in [9.17, 15) is 0 Å². The summed E-state index contributed by atoms with van der Waals surface area (Å²) in [5.41, 5.74) is 4.44. The van der Waals surface area contributed by atoms with Crippen molar-refractivity contribution >= 4 is 43.1 Å². The molecule has 1 aromatic heterocycles. The van der Waals surface area contributed by atoms with Crippen LogP contribution in [0.2, 0.25) is 0 Å². The molecule has 0 unspecified atom stereocenters. The standard InChI is InChI=1S/C29H20N.Ir/c1-18-15-19(2)17-21(16-18)29-28-12-11-25-24-8-7-20-5-3-4-6-22(20)23(24)9-10-26(25)27(28)13-14-30-29;/h3-16H,1-2H3;/q-1;. The molecule has 6 aromatic rings. The smallest absolute Gasteiger partial charge is 0.0167 e. The normalized spacial score (nSPS) is 11.3. The first-order valence-electron chi connectivity index (χ1n) is 10.3. The van der Waals surface area contributed by atoms with Gasteiger partial charge in [0.1, 0.15) is 0 Å². The van der Waals surface area contributed by atoms with E-state index in [1.165, 1.54) is 48.7 Å². The van der Waals surface area contributed by atoms with Crippen molar-refractivity contribution < 1.29 is 20.1 Å². The number of rotatable bonds is 1. The maximum absolute atomic E-state index is 4.74. The van der Waals surface area contributed by atoms with Gasteiger partial charge in [-0.05, 0) is 54.9 Å². The molecule has 151 valence electrons. The van der Waals surface area contributed by atoms with Crippen LogP contribution in [0.25, 0.3) is 54.3 Å². The molecule has 0 saturated carbocycles. The topological polar surface area (TPSA) is 12.9 Å². The molecule has 0 fully saturated rings. The second-order valence-corrected chi connectivity index (χ2v) is 8.12. The van der Waals surface area contributed by atoms with Crippen LogP contribution in [0.4, 0.5) is 0 Å². The minimum absolute atomic E-state index is 0. The number of hydrogen-bond donors (Lipinski definition) is 0. The van der Waals surface area contributed by atoms with E-state index in [-0.39, 0.29) is 20.1 Å². The molecule has 1 radical (unpaired) electrons. The van der Waals surface area contributed by atoms with Crippen LogP contribution in [0.15, 0.2) is 85.1 Å². The quantitative estimate of drug-likeness (QED) is 0.144. The predicted octanol–water partition coefficient (Wildman–Crippen LogP) is 7.78. The van der Waals surface area contributed by atoms with Gasteiger partial charge in [0.15, 0.2) is 0 Å². The Bertz CT molecular complexity index is 1590. The van der Waals surface area contributed by atoms with E-state index in [2.05, 4.69) is 98.8 Å². The first-order chi connectivity index (χ1) is 14.7. The van der Waals surface area contributed by atoms with Gasteiger partial charge in [0, 0.05) is 26.3 Å². The fourth-order valence-corrected chi connectivity index (χ4v) is 4.81. The van der Waals surface area contributed by atoms with E-state index >= 15 is 0 Å². The van der Waals surface area contributed by atoms with Crippen molar-refractivity contribution in [2.24, 2.45) is 0 Å². The molecule has 0 N–H and O–H groups in total. The minimum atomic E-state index is 0. The van der Waals surface area contributed by atoms with E-state index in [1.54, 1.807) is 0 Å². The molecule has 0 amide bonds. The summed E-state index contributed by atoms with van der Waals surface area (Å²) >= 11 is 0. The number of pyridine rings is 1. The largest absolute Gasteiger partial charge is 0.304 e. The van der Waals surface area contributed by atoms with Gasteiger partial charge in [0.2, 0.25) is 0 Å². The monoisotopic (exact) mass is 575 g/mol. The van der Waals surface area contributed by atoms with Gasteiger partial charge in [0.05, 0.1) is 0 Å². The Hall–Kier alpha value is -3.06. The van der Waals surface area contributed by atoms with Crippen molar-refractivity contribution in [1.29, 1.82) is 0 Å². The molecule has 6 rings (SSSR count). The van der Waals surface area contributed by atoms with Crippen molar-refractivity contribution in [3.05, 3.63) is 102 Å². The number of aryl methyl sites for hydroxylation is 2. The fourth-order valence-electron chi connectivity index (χ4n) is 4.81. The Labute approximate surface area is 195 Å². The molecule has 0 saturated heterocycles. The molecule has 5 aromatic carbocycles. The van der Waals surface area contributed by atoms with Gasteiger partial charge in [-0.25, -0.2) is 0 Å². The van der Waals surface area contributed by atoms with Crippen LogP contribution < -0.4 is 0 Å². The van der Waals surface area contributed by atoms with Crippen LogP contribution in [0.1, 0.15) is 11.1 Å². The molecule has 0 aliphatic carbocycles. The zero-order valence-corrected chi connectivity index (χ0v) is 19.8. The van der Waals surface area contributed by atoms with Crippen molar-refractivity contribution in [1.82, 2.24) is 4.98 Å². The van der Waals surface area contributed by atoms with E-state index < -0.39 is 0 Å². The summed E-state index contributed by atoms with van der Waals surface area (Å²) < 4.78 is 0. The summed E-state index contributed by atoms with van der Waals surface area (Å²) in [6.45, 7) is 4.22. The SMILES string of the molecule is Cc1[c-]c(-c2nccc3c2ccc2c3ccc3c4ccccc4ccc32)cc(C)c1.[Ir]. The first kappa shape index (κ1) is 19.9. The second kappa shape index (κ2) is 7.57. The Morgan fingerprint density at radius 3 is 1.97 bits per heavy atom. The first-order valence-corrected chi connectivity index (χ1v) is 10.3. The molecule has 0 atom stereocenters. The summed E-state index contributed by atoms with van der Waals surface area (Å²) in [4.78, 5) is 4.74. The Kier molecular flexibility index (Phi) is 4.85. The van der Waals surface area contributed by atoms with Crippen molar-refractivity contribution in [2.75, 3.05) is 0 Å². The average molecular weight is 575 g/mol. The zero-order chi connectivity index (χ0) is 20.2. The van der Waals surface area contributed by atoms with Gasteiger partial charge >= 0.3 is 0 Å². The molecular weight excluding hydrogens is 555 g/mol. The summed E-state index contributed by atoms with van der Waals surface area (Å²) in [7, 11) is 0. The van der Waals surface area contributed by atoms with Gasteiger partial charge in [0.25, 0.3) is 0 Å². The molecule has 2 heteroatoms. The van der Waals surface area contributed by atoms with Crippen molar-refractivity contribution in [3.63, 3.8) is 0 Å². The van der Waals surface area contributed by atoms with E-state index in [0.717, 1.165) is 16.8 Å². The van der Waals surface area contributed by atoms with E-state index in [4.69, 9.17) is 4.98 Å². The molecule has 0 spiro atoms. The number of fused-ring (bicyclic) bond motifs is 7. The number of nitrogens with zero attached hydrogens (tertiary/aromatic N) is 1. The van der Waals surface area contributed by atoms with Crippen molar-refractivity contribution in [3.8, 4) is 11.3 Å². The summed E-state index contributed by atoms with van der Waals surface area (Å²) in [5, 5.41) is 10.1. The van der Waals surface area contributed by atoms with Crippen LogP contribution in [-0.4, -0.2) is 4.98 Å². The number of aromatic nitrogens is 1. The average Bonchev–Trinajstić information content (AvgIpc) is 2.77. The maximum Gasteiger partial charge on any atom is 0.0167 e. The Morgan fingerprint density at radius 2 is 1.23 bits per heavy atom. The van der Waals surface area contributed by atoms with Crippen LogP contribution in [0, 0.1) is 19.9 Å². The molecule has 1 heterocycles. The molecule has 31 heavy (non-hydrogen) atoms. The molecule has 0 aliphatic heterocycles. The summed E-state index contributed by atoms with van der Waals surface area (Å²) in [6.07, 6.45) is 1.92. The van der Waals surface area contributed by atoms with Crippen LogP contribution >= 0.6 is 0 Å². The molecule has 0 aliphatic rings. The second-order valence-electron chi connectivity index (χ2n) is 8.12.